The van der Waals surface area contributed by atoms with Crippen LogP contribution in [0.25, 0.3) is 0 Å². The quantitative estimate of drug-likeness (QED) is 0.234. The maximum absolute atomic E-state index is 2.31. The maximum Gasteiger partial charge on any atom is 0 e. The van der Waals surface area contributed by atoms with Gasteiger partial charge in [-0.1, -0.05) is 67.6 Å². The van der Waals surface area contributed by atoms with Crippen LogP contribution in [0.2, 0.25) is 0 Å². The molecule has 0 fully saturated rings. The Bertz CT molecular complexity index is 857. The largest absolute Gasteiger partial charge is 0.748 e. The molecule has 0 amide bonds. The molecule has 0 radical (unpaired) electrons. The summed E-state index contributed by atoms with van der Waals surface area (Å²) in [5, 5.41) is 4.29. The van der Waals surface area contributed by atoms with Gasteiger partial charge in [0, 0.05) is 17.1 Å². The monoisotopic (exact) mass is 441 g/mol. The van der Waals surface area contributed by atoms with Gasteiger partial charge in [0.25, 0.3) is 0 Å². The molecule has 4 aromatic carbocycles. The second-order valence-electron chi connectivity index (χ2n) is 6.97. The molecule has 0 N–H and O–H groups in total. The van der Waals surface area contributed by atoms with Crippen LogP contribution in [0.3, 0.4) is 0 Å². The molecular weight excluding hydrogens is 413 g/mol. The van der Waals surface area contributed by atoms with Gasteiger partial charge in [-0.2, -0.15) is 6.07 Å². The van der Waals surface area contributed by atoms with Crippen molar-refractivity contribution in [2.45, 2.75) is 13.0 Å². The molecule has 0 aliphatic heterocycles. The summed E-state index contributed by atoms with van der Waals surface area (Å²) in [5.74, 6) is 0. The van der Waals surface area contributed by atoms with Gasteiger partial charge in [-0.3, -0.25) is 0 Å². The van der Waals surface area contributed by atoms with Crippen molar-refractivity contribution >= 4 is 23.8 Å². The van der Waals surface area contributed by atoms with Crippen molar-refractivity contribution in [1.82, 2.24) is 4.90 Å². The zero-order valence-corrected chi connectivity index (χ0v) is 19.2. The van der Waals surface area contributed by atoms with Crippen molar-refractivity contribution in [3.8, 4) is 0 Å². The van der Waals surface area contributed by atoms with E-state index in [2.05, 4.69) is 105 Å². The molecule has 4 aromatic rings. The van der Waals surface area contributed by atoms with E-state index in [1.54, 1.807) is 0 Å². The zero-order chi connectivity index (χ0) is 19.8. The Balaban J connectivity index is 0.000000437. The van der Waals surface area contributed by atoms with Crippen LogP contribution >= 0.6 is 7.92 Å². The summed E-state index contributed by atoms with van der Waals surface area (Å²) >= 11 is 0. The minimum absolute atomic E-state index is 0. The van der Waals surface area contributed by atoms with Gasteiger partial charge in [-0.05, 0) is 38.7 Å². The first-order valence-corrected chi connectivity index (χ1v) is 11.0. The Labute approximate surface area is 187 Å². The molecule has 0 saturated carbocycles. The average Bonchev–Trinajstić information content (AvgIpc) is 3.45. The van der Waals surface area contributed by atoms with Gasteiger partial charge in [0.05, 0.1) is 0 Å². The maximum atomic E-state index is 2.31. The molecule has 4 rings (SSSR count). The predicted molar refractivity (Wildman–Crippen MR) is 125 cm³/mol. The fourth-order valence-electron chi connectivity index (χ4n) is 3.16. The van der Waals surface area contributed by atoms with Crippen LogP contribution in [-0.4, -0.2) is 19.0 Å². The molecule has 0 aliphatic carbocycles. The average molecular weight is 441 g/mol. The molecule has 1 atom stereocenters. The molecule has 0 heterocycles. The molecular formula is C26H28FeNP-6. The van der Waals surface area contributed by atoms with Crippen molar-refractivity contribution in [2.24, 2.45) is 0 Å². The van der Waals surface area contributed by atoms with E-state index in [9.17, 15) is 0 Å². The molecule has 0 unspecified atom stereocenters. The Morgan fingerprint density at radius 3 is 1.59 bits per heavy atom. The fraction of sp³-hybridized carbons (Fsp3) is 0.154. The normalized spacial score (nSPS) is 11.5. The van der Waals surface area contributed by atoms with Crippen LogP contribution in [-0.2, 0) is 17.1 Å². The predicted octanol–water partition coefficient (Wildman–Crippen LogP) is 5.19. The third kappa shape index (κ3) is 6.26. The molecule has 29 heavy (non-hydrogen) atoms. The SMILES string of the molecule is C[C@@H]([c-]1cccc1P(c1ccccc1)c1ccccc1)N(C)C.[Fe].[cH-]1[cH-][cH-][cH-][cH-]1. The summed E-state index contributed by atoms with van der Waals surface area (Å²) in [4.78, 5) is 2.28. The van der Waals surface area contributed by atoms with Crippen molar-refractivity contribution < 1.29 is 17.1 Å². The van der Waals surface area contributed by atoms with Crippen molar-refractivity contribution in [1.29, 1.82) is 0 Å². The summed E-state index contributed by atoms with van der Waals surface area (Å²) < 4.78 is 0. The van der Waals surface area contributed by atoms with Gasteiger partial charge in [0.2, 0.25) is 0 Å². The molecule has 0 spiro atoms. The minimum Gasteiger partial charge on any atom is -0.748 e. The summed E-state index contributed by atoms with van der Waals surface area (Å²) in [6.07, 6.45) is 0. The summed E-state index contributed by atoms with van der Waals surface area (Å²) in [7, 11) is 3.78. The van der Waals surface area contributed by atoms with Gasteiger partial charge in [-0.25, -0.2) is 12.1 Å². The van der Waals surface area contributed by atoms with E-state index in [1.165, 1.54) is 21.5 Å². The Kier molecular flexibility index (Phi) is 9.58. The zero-order valence-electron chi connectivity index (χ0n) is 17.2. The van der Waals surface area contributed by atoms with E-state index in [4.69, 9.17) is 0 Å². The summed E-state index contributed by atoms with van der Waals surface area (Å²) in [5.41, 5.74) is 1.44. The fourth-order valence-corrected chi connectivity index (χ4v) is 5.71. The standard InChI is InChI=1S/C21H23NP.C5H5.Fe/c1-17(22(2)3)20-15-10-16-21(20)23(18-11-6-4-7-12-18)19-13-8-5-9-14-19;1-2-4-5-3-1;/h4-17H,1-3H3;1-5H;/q-1;-5;/t17-;;/m0../s1. The second-order valence-corrected chi connectivity index (χ2v) is 9.16. The van der Waals surface area contributed by atoms with Crippen LogP contribution < -0.4 is 15.9 Å². The number of hydrogen-bond donors (Lipinski definition) is 0. The third-order valence-electron chi connectivity index (χ3n) is 4.88. The van der Waals surface area contributed by atoms with Crippen molar-refractivity contribution in [2.75, 3.05) is 14.1 Å². The van der Waals surface area contributed by atoms with Crippen molar-refractivity contribution in [3.05, 3.63) is 115 Å². The summed E-state index contributed by atoms with van der Waals surface area (Å²) in [6.45, 7) is 2.28. The summed E-state index contributed by atoms with van der Waals surface area (Å²) in [6, 6.07) is 39.0. The van der Waals surface area contributed by atoms with E-state index >= 15 is 0 Å². The van der Waals surface area contributed by atoms with Gasteiger partial charge >= 0.3 is 0 Å². The van der Waals surface area contributed by atoms with E-state index in [0.717, 1.165) is 0 Å². The molecule has 0 saturated heterocycles. The van der Waals surface area contributed by atoms with Crippen LogP contribution in [0.1, 0.15) is 18.5 Å². The van der Waals surface area contributed by atoms with Crippen LogP contribution in [0.15, 0.2) is 109 Å². The molecule has 156 valence electrons. The van der Waals surface area contributed by atoms with Crippen LogP contribution in [0.4, 0.5) is 0 Å². The third-order valence-corrected chi connectivity index (χ3v) is 7.39. The topological polar surface area (TPSA) is 3.24 Å². The van der Waals surface area contributed by atoms with E-state index in [-0.39, 0.29) is 17.1 Å². The van der Waals surface area contributed by atoms with E-state index < -0.39 is 7.92 Å². The number of rotatable bonds is 5. The molecule has 0 aromatic heterocycles. The first-order valence-electron chi connectivity index (χ1n) is 9.67. The Hall–Kier alpha value is -1.95. The van der Waals surface area contributed by atoms with Gasteiger partial charge < -0.3 is 35.2 Å². The van der Waals surface area contributed by atoms with Crippen LogP contribution in [0, 0.1) is 0 Å². The first-order chi connectivity index (χ1) is 13.7. The van der Waals surface area contributed by atoms with E-state index in [1.807, 2.05) is 30.3 Å². The number of nitrogens with zero attached hydrogens (tertiary/aromatic N) is 1. The van der Waals surface area contributed by atoms with Gasteiger partial charge in [0.1, 0.15) is 0 Å². The van der Waals surface area contributed by atoms with Crippen LogP contribution in [0.5, 0.6) is 0 Å². The smallest absolute Gasteiger partial charge is 0 e. The van der Waals surface area contributed by atoms with Crippen molar-refractivity contribution in [3.63, 3.8) is 0 Å². The Morgan fingerprint density at radius 2 is 1.17 bits per heavy atom. The van der Waals surface area contributed by atoms with Gasteiger partial charge in [0.15, 0.2) is 0 Å². The van der Waals surface area contributed by atoms with E-state index in [0.29, 0.717) is 6.04 Å². The Morgan fingerprint density at radius 1 is 0.724 bits per heavy atom. The second kappa shape index (κ2) is 11.9. The molecule has 3 heteroatoms. The number of hydrogen-bond acceptors (Lipinski definition) is 1. The number of benzene rings is 2. The minimum atomic E-state index is -0.514. The molecule has 0 bridgehead atoms. The van der Waals surface area contributed by atoms with Gasteiger partial charge in [-0.15, -0.1) is 10.9 Å². The first kappa shape index (κ1) is 23.3. The molecule has 1 nitrogen and oxygen atoms in total. The molecule has 0 aliphatic rings.